The fraction of sp³-hybridized carbons (Fsp3) is 0.692. The monoisotopic (exact) mass is 265 g/mol. The molecule has 0 saturated carbocycles. The van der Waals surface area contributed by atoms with E-state index in [9.17, 15) is 5.11 Å². The molecule has 0 spiro atoms. The molecule has 98 valence electrons. The van der Waals surface area contributed by atoms with Crippen molar-refractivity contribution in [1.82, 2.24) is 9.97 Å². The highest BCUT2D eigenvalue weighted by molar-refractivity contribution is 8.00. The second kappa shape index (κ2) is 4.38. The highest BCUT2D eigenvalue weighted by Crippen LogP contribution is 2.50. The minimum Gasteiger partial charge on any atom is -0.385 e. The molecule has 0 radical (unpaired) electrons. The maximum absolute atomic E-state index is 10.8. The van der Waals surface area contributed by atoms with Gasteiger partial charge in [0.2, 0.25) is 5.95 Å². The lowest BCUT2D eigenvalue weighted by molar-refractivity contribution is 0.0190. The maximum Gasteiger partial charge on any atom is 0.224 e. The second-order valence-electron chi connectivity index (χ2n) is 5.56. The van der Waals surface area contributed by atoms with Crippen LogP contribution in [0.15, 0.2) is 12.4 Å². The van der Waals surface area contributed by atoms with E-state index in [2.05, 4.69) is 9.97 Å². The van der Waals surface area contributed by atoms with Crippen molar-refractivity contribution in [2.75, 3.05) is 19.0 Å². The Hall–Kier alpha value is -0.810. The lowest BCUT2D eigenvalue weighted by atomic mass is 9.88. The lowest BCUT2D eigenvalue weighted by Crippen LogP contribution is -2.35. The van der Waals surface area contributed by atoms with Gasteiger partial charge in [0.15, 0.2) is 0 Å². The zero-order valence-corrected chi connectivity index (χ0v) is 11.7. The van der Waals surface area contributed by atoms with E-state index in [0.717, 1.165) is 18.4 Å². The predicted octanol–water partition coefficient (Wildman–Crippen LogP) is 1.79. The highest BCUT2D eigenvalue weighted by Gasteiger charge is 2.44. The number of anilines is 1. The van der Waals surface area contributed by atoms with Crippen molar-refractivity contribution in [1.29, 1.82) is 0 Å². The average Bonchev–Trinajstić information content (AvgIpc) is 2.69. The number of thioether (sulfide) groups is 1. The Balaban J connectivity index is 1.85. The fourth-order valence-corrected chi connectivity index (χ4v) is 4.78. The maximum atomic E-state index is 10.8. The number of nitrogens with zero attached hydrogens (tertiary/aromatic N) is 3. The van der Waals surface area contributed by atoms with Gasteiger partial charge in [-0.1, -0.05) is 0 Å². The minimum atomic E-state index is -0.706. The van der Waals surface area contributed by atoms with Crippen molar-refractivity contribution in [2.24, 2.45) is 0 Å². The molecule has 3 heterocycles. The number of aliphatic hydroxyl groups is 1. The number of fused-ring (bicyclic) bond motifs is 2. The standard InChI is InChI=1S/C13H19N3OS/c1-16(2)12-14-7-9(8-15-12)13(17)5-10-3-4-11(6-13)18-10/h7-8,10-11,17H,3-6H2,1-2H3. The topological polar surface area (TPSA) is 49.2 Å². The SMILES string of the molecule is CN(C)c1ncc(C2(O)CC3CCC(C2)S3)cn1. The molecule has 5 heteroatoms. The van der Waals surface area contributed by atoms with Gasteiger partial charge in [0.05, 0.1) is 5.60 Å². The zero-order chi connectivity index (χ0) is 12.8. The first-order valence-corrected chi connectivity index (χ1v) is 7.39. The van der Waals surface area contributed by atoms with Gasteiger partial charge in [-0.25, -0.2) is 9.97 Å². The fourth-order valence-electron chi connectivity index (χ4n) is 2.95. The van der Waals surface area contributed by atoms with Gasteiger partial charge < -0.3 is 10.0 Å². The normalized spacial score (nSPS) is 34.6. The molecule has 2 atom stereocenters. The lowest BCUT2D eigenvalue weighted by Gasteiger charge is -2.36. The molecule has 1 N–H and O–H groups in total. The molecule has 1 aromatic heterocycles. The van der Waals surface area contributed by atoms with Gasteiger partial charge >= 0.3 is 0 Å². The summed E-state index contributed by atoms with van der Waals surface area (Å²) in [6.07, 6.45) is 7.76. The van der Waals surface area contributed by atoms with Crippen molar-refractivity contribution in [3.8, 4) is 0 Å². The van der Waals surface area contributed by atoms with Gasteiger partial charge in [-0.2, -0.15) is 11.8 Å². The van der Waals surface area contributed by atoms with E-state index in [0.29, 0.717) is 16.4 Å². The van der Waals surface area contributed by atoms with Crippen molar-refractivity contribution in [2.45, 2.75) is 41.8 Å². The predicted molar refractivity (Wildman–Crippen MR) is 73.9 cm³/mol. The third-order valence-electron chi connectivity index (χ3n) is 3.90. The van der Waals surface area contributed by atoms with Crippen molar-refractivity contribution < 1.29 is 5.11 Å². The minimum absolute atomic E-state index is 0.613. The Bertz CT molecular complexity index is 422. The Morgan fingerprint density at radius 2 is 1.78 bits per heavy atom. The van der Waals surface area contributed by atoms with Gasteiger partial charge in [-0.15, -0.1) is 0 Å². The summed E-state index contributed by atoms with van der Waals surface area (Å²) in [6.45, 7) is 0. The number of aromatic nitrogens is 2. The second-order valence-corrected chi connectivity index (χ2v) is 7.17. The van der Waals surface area contributed by atoms with E-state index in [1.807, 2.05) is 30.8 Å². The summed E-state index contributed by atoms with van der Waals surface area (Å²) < 4.78 is 0. The quantitative estimate of drug-likeness (QED) is 0.883. The molecule has 4 nitrogen and oxygen atoms in total. The third kappa shape index (κ3) is 2.10. The van der Waals surface area contributed by atoms with E-state index in [1.165, 1.54) is 12.8 Å². The third-order valence-corrected chi connectivity index (χ3v) is 5.48. The average molecular weight is 265 g/mol. The van der Waals surface area contributed by atoms with Crippen molar-refractivity contribution >= 4 is 17.7 Å². The summed E-state index contributed by atoms with van der Waals surface area (Å²) in [6, 6.07) is 0. The van der Waals surface area contributed by atoms with Crippen molar-refractivity contribution in [3.05, 3.63) is 18.0 Å². The molecule has 1 aromatic rings. The smallest absolute Gasteiger partial charge is 0.224 e. The summed E-state index contributed by atoms with van der Waals surface area (Å²) in [5.74, 6) is 0.690. The van der Waals surface area contributed by atoms with Crippen LogP contribution in [-0.2, 0) is 5.60 Å². The van der Waals surface area contributed by atoms with Crippen LogP contribution in [0, 0.1) is 0 Å². The highest BCUT2D eigenvalue weighted by atomic mass is 32.2. The van der Waals surface area contributed by atoms with E-state index in [4.69, 9.17) is 0 Å². The summed E-state index contributed by atoms with van der Waals surface area (Å²) in [7, 11) is 3.84. The zero-order valence-electron chi connectivity index (χ0n) is 10.8. The van der Waals surface area contributed by atoms with Crippen molar-refractivity contribution in [3.63, 3.8) is 0 Å². The van der Waals surface area contributed by atoms with Crippen LogP contribution in [0.4, 0.5) is 5.95 Å². The van der Waals surface area contributed by atoms with Gasteiger partial charge in [-0.3, -0.25) is 0 Å². The van der Waals surface area contributed by atoms with Crippen LogP contribution in [-0.4, -0.2) is 39.7 Å². The van der Waals surface area contributed by atoms with Crippen LogP contribution in [0.5, 0.6) is 0 Å². The van der Waals surface area contributed by atoms with E-state index in [1.54, 1.807) is 12.4 Å². The number of rotatable bonds is 2. The van der Waals surface area contributed by atoms with Gasteiger partial charge in [0, 0.05) is 42.6 Å². The molecule has 0 aromatic carbocycles. The van der Waals surface area contributed by atoms with Crippen LogP contribution in [0.2, 0.25) is 0 Å². The largest absolute Gasteiger partial charge is 0.385 e. The molecule has 18 heavy (non-hydrogen) atoms. The van der Waals surface area contributed by atoms with E-state index in [-0.39, 0.29) is 0 Å². The van der Waals surface area contributed by atoms with Crippen LogP contribution in [0.3, 0.4) is 0 Å². The molecule has 2 aliphatic heterocycles. The molecule has 0 amide bonds. The van der Waals surface area contributed by atoms with Crippen LogP contribution in [0.25, 0.3) is 0 Å². The molecule has 0 aliphatic carbocycles. The first-order chi connectivity index (χ1) is 8.57. The van der Waals surface area contributed by atoms with Gasteiger partial charge in [0.1, 0.15) is 0 Å². The Morgan fingerprint density at radius 3 is 2.28 bits per heavy atom. The Morgan fingerprint density at radius 1 is 1.22 bits per heavy atom. The molecular formula is C13H19N3OS. The summed E-state index contributed by atoms with van der Waals surface area (Å²) in [5.41, 5.74) is 0.173. The van der Waals surface area contributed by atoms with Crippen LogP contribution in [0.1, 0.15) is 31.2 Å². The Kier molecular flexibility index (Phi) is 2.98. The first kappa shape index (κ1) is 12.2. The Labute approximate surface area is 112 Å². The summed E-state index contributed by atoms with van der Waals surface area (Å²) in [4.78, 5) is 10.5. The van der Waals surface area contributed by atoms with Gasteiger partial charge in [-0.05, 0) is 25.7 Å². The molecular weight excluding hydrogens is 246 g/mol. The first-order valence-electron chi connectivity index (χ1n) is 6.44. The molecule has 2 fully saturated rings. The summed E-state index contributed by atoms with van der Waals surface area (Å²) in [5, 5.41) is 12.1. The molecule has 3 rings (SSSR count). The van der Waals surface area contributed by atoms with Gasteiger partial charge in [0.25, 0.3) is 0 Å². The molecule has 2 saturated heterocycles. The molecule has 2 bridgehead atoms. The van der Waals surface area contributed by atoms with Crippen LogP contribution >= 0.6 is 11.8 Å². The molecule has 2 aliphatic rings. The number of hydrogen-bond acceptors (Lipinski definition) is 5. The molecule has 2 unspecified atom stereocenters. The van der Waals surface area contributed by atoms with E-state index < -0.39 is 5.60 Å². The van der Waals surface area contributed by atoms with E-state index >= 15 is 0 Å². The summed E-state index contributed by atoms with van der Waals surface area (Å²) >= 11 is 2.05. The number of hydrogen-bond donors (Lipinski definition) is 1. The van der Waals surface area contributed by atoms with Crippen LogP contribution < -0.4 is 4.90 Å².